The van der Waals surface area contributed by atoms with Gasteiger partial charge >= 0.3 is 5.97 Å². The molecule has 0 aromatic heterocycles. The van der Waals surface area contributed by atoms with Crippen LogP contribution >= 0.6 is 11.6 Å². The van der Waals surface area contributed by atoms with E-state index in [1.165, 1.54) is 6.92 Å². The van der Waals surface area contributed by atoms with Crippen molar-refractivity contribution in [2.45, 2.75) is 38.8 Å². The molecule has 30 heavy (non-hydrogen) atoms. The van der Waals surface area contributed by atoms with Gasteiger partial charge in [-0.3, -0.25) is 9.59 Å². The van der Waals surface area contributed by atoms with Crippen molar-refractivity contribution in [3.05, 3.63) is 58.6 Å². The van der Waals surface area contributed by atoms with Gasteiger partial charge < -0.3 is 20.1 Å². The van der Waals surface area contributed by atoms with Gasteiger partial charge in [-0.05, 0) is 68.7 Å². The molecule has 2 aromatic rings. The van der Waals surface area contributed by atoms with Crippen LogP contribution in [0.15, 0.2) is 42.5 Å². The standard InChI is InChI=1S/C22H23ClN2O5/c1-13-10-16(23)6-9-19(13)30-14(2)22(28)29-12-20(26)24-18-5-3-4-15(11-18)21(27)25-17-7-8-17/h3-6,9-11,14,17H,7-8,12H2,1-2H3,(H,24,26)(H,25,27). The molecule has 2 amide bonds. The summed E-state index contributed by atoms with van der Waals surface area (Å²) in [6, 6.07) is 11.9. The lowest BCUT2D eigenvalue weighted by Crippen LogP contribution is -2.30. The van der Waals surface area contributed by atoms with Gasteiger partial charge in [0.05, 0.1) is 0 Å². The molecule has 0 saturated heterocycles. The average molecular weight is 431 g/mol. The number of esters is 1. The first-order valence-electron chi connectivity index (χ1n) is 9.62. The Morgan fingerprint density at radius 3 is 2.63 bits per heavy atom. The summed E-state index contributed by atoms with van der Waals surface area (Å²) in [7, 11) is 0. The second-order valence-corrected chi connectivity index (χ2v) is 7.59. The third kappa shape index (κ3) is 6.22. The van der Waals surface area contributed by atoms with Crippen LogP contribution in [0.4, 0.5) is 5.69 Å². The highest BCUT2D eigenvalue weighted by Crippen LogP contribution is 2.23. The fourth-order valence-electron chi connectivity index (χ4n) is 2.67. The molecule has 1 atom stereocenters. The Labute approximate surface area is 179 Å². The summed E-state index contributed by atoms with van der Waals surface area (Å²) in [5, 5.41) is 6.07. The van der Waals surface area contributed by atoms with E-state index in [1.54, 1.807) is 42.5 Å². The van der Waals surface area contributed by atoms with Crippen molar-refractivity contribution >= 4 is 35.1 Å². The van der Waals surface area contributed by atoms with E-state index in [-0.39, 0.29) is 11.9 Å². The zero-order valence-electron chi connectivity index (χ0n) is 16.7. The van der Waals surface area contributed by atoms with Gasteiger partial charge in [0.25, 0.3) is 11.8 Å². The summed E-state index contributed by atoms with van der Waals surface area (Å²) in [6.45, 7) is 2.88. The van der Waals surface area contributed by atoms with Crippen LogP contribution in [-0.2, 0) is 14.3 Å². The number of benzene rings is 2. The number of carbonyl (C=O) groups excluding carboxylic acids is 3. The molecule has 7 nitrogen and oxygen atoms in total. The van der Waals surface area contributed by atoms with E-state index in [2.05, 4.69) is 10.6 Å². The highest BCUT2D eigenvalue weighted by Gasteiger charge is 2.24. The van der Waals surface area contributed by atoms with Gasteiger partial charge in [0.15, 0.2) is 12.7 Å². The SMILES string of the molecule is Cc1cc(Cl)ccc1OC(C)C(=O)OCC(=O)Nc1cccc(C(=O)NC2CC2)c1. The molecule has 1 saturated carbocycles. The van der Waals surface area contributed by atoms with Crippen LogP contribution in [0.2, 0.25) is 5.02 Å². The largest absolute Gasteiger partial charge is 0.479 e. The molecule has 0 aliphatic heterocycles. The zero-order valence-corrected chi connectivity index (χ0v) is 17.5. The van der Waals surface area contributed by atoms with Crippen molar-refractivity contribution in [3.8, 4) is 5.75 Å². The molecular formula is C22H23ClN2O5. The Morgan fingerprint density at radius 1 is 1.17 bits per heavy atom. The predicted octanol–water partition coefficient (Wildman–Crippen LogP) is 3.49. The Kier molecular flexibility index (Phi) is 6.95. The van der Waals surface area contributed by atoms with Gasteiger partial charge in [-0.1, -0.05) is 17.7 Å². The predicted molar refractivity (Wildman–Crippen MR) is 113 cm³/mol. The molecule has 2 N–H and O–H groups in total. The number of hydrogen-bond donors (Lipinski definition) is 2. The second-order valence-electron chi connectivity index (χ2n) is 7.15. The number of ether oxygens (including phenoxy) is 2. The number of anilines is 1. The number of nitrogens with one attached hydrogen (secondary N) is 2. The van der Waals surface area contributed by atoms with Crippen molar-refractivity contribution in [2.75, 3.05) is 11.9 Å². The summed E-state index contributed by atoms with van der Waals surface area (Å²) >= 11 is 5.91. The summed E-state index contributed by atoms with van der Waals surface area (Å²) < 4.78 is 10.6. The van der Waals surface area contributed by atoms with Gasteiger partial charge in [0.1, 0.15) is 5.75 Å². The van der Waals surface area contributed by atoms with Crippen molar-refractivity contribution < 1.29 is 23.9 Å². The minimum atomic E-state index is -0.896. The fourth-order valence-corrected chi connectivity index (χ4v) is 2.90. The fraction of sp³-hybridized carbons (Fsp3) is 0.318. The first kappa shape index (κ1) is 21.6. The summed E-state index contributed by atoms with van der Waals surface area (Å²) in [5.41, 5.74) is 1.68. The molecule has 1 unspecified atom stereocenters. The van der Waals surface area contributed by atoms with Gasteiger partial charge in [0, 0.05) is 22.3 Å². The number of rotatable bonds is 8. The molecule has 3 rings (SSSR count). The quantitative estimate of drug-likeness (QED) is 0.625. The van der Waals surface area contributed by atoms with Crippen LogP contribution in [-0.4, -0.2) is 36.5 Å². The van der Waals surface area contributed by atoms with Crippen LogP contribution in [0, 0.1) is 6.92 Å². The average Bonchev–Trinajstić information content (AvgIpc) is 3.52. The number of aryl methyl sites for hydroxylation is 1. The number of hydrogen-bond acceptors (Lipinski definition) is 5. The lowest BCUT2D eigenvalue weighted by atomic mass is 10.2. The first-order chi connectivity index (χ1) is 14.3. The van der Waals surface area contributed by atoms with E-state index in [9.17, 15) is 14.4 Å². The Morgan fingerprint density at radius 2 is 1.93 bits per heavy atom. The first-order valence-corrected chi connectivity index (χ1v) is 10.00. The normalized spacial score (nSPS) is 13.8. The third-order valence-corrected chi connectivity index (χ3v) is 4.67. The van der Waals surface area contributed by atoms with E-state index >= 15 is 0 Å². The summed E-state index contributed by atoms with van der Waals surface area (Å²) in [4.78, 5) is 36.3. The monoisotopic (exact) mass is 430 g/mol. The lowest BCUT2D eigenvalue weighted by molar-refractivity contribution is -0.153. The van der Waals surface area contributed by atoms with Crippen LogP contribution in [0.5, 0.6) is 5.75 Å². The summed E-state index contributed by atoms with van der Waals surface area (Å²) in [6.07, 6.45) is 1.09. The molecule has 0 radical (unpaired) electrons. The molecule has 0 spiro atoms. The second kappa shape index (κ2) is 9.63. The maximum Gasteiger partial charge on any atom is 0.347 e. The van der Waals surface area contributed by atoms with Crippen LogP contribution in [0.1, 0.15) is 35.7 Å². The van der Waals surface area contributed by atoms with Crippen LogP contribution in [0.3, 0.4) is 0 Å². The molecule has 8 heteroatoms. The van der Waals surface area contributed by atoms with E-state index in [4.69, 9.17) is 21.1 Å². The number of carbonyl (C=O) groups is 3. The van der Waals surface area contributed by atoms with Crippen molar-refractivity contribution in [2.24, 2.45) is 0 Å². The van der Waals surface area contributed by atoms with Crippen molar-refractivity contribution in [3.63, 3.8) is 0 Å². The molecule has 0 bridgehead atoms. The Bertz CT molecular complexity index is 958. The highest BCUT2D eigenvalue weighted by molar-refractivity contribution is 6.30. The number of halogens is 1. The third-order valence-electron chi connectivity index (χ3n) is 4.44. The van der Waals surface area contributed by atoms with Crippen LogP contribution in [0.25, 0.3) is 0 Å². The van der Waals surface area contributed by atoms with Crippen molar-refractivity contribution in [1.29, 1.82) is 0 Å². The smallest absolute Gasteiger partial charge is 0.347 e. The van der Waals surface area contributed by atoms with E-state index in [1.807, 2.05) is 6.92 Å². The Balaban J connectivity index is 1.47. The van der Waals surface area contributed by atoms with E-state index in [0.717, 1.165) is 18.4 Å². The molecule has 1 fully saturated rings. The van der Waals surface area contributed by atoms with Gasteiger partial charge in [-0.2, -0.15) is 0 Å². The molecule has 1 aliphatic rings. The van der Waals surface area contributed by atoms with E-state index in [0.29, 0.717) is 22.0 Å². The minimum Gasteiger partial charge on any atom is -0.479 e. The van der Waals surface area contributed by atoms with Crippen LogP contribution < -0.4 is 15.4 Å². The maximum atomic E-state index is 12.1. The van der Waals surface area contributed by atoms with Crippen molar-refractivity contribution in [1.82, 2.24) is 5.32 Å². The maximum absolute atomic E-state index is 12.1. The molecule has 2 aromatic carbocycles. The minimum absolute atomic E-state index is 0.177. The van der Waals surface area contributed by atoms with Gasteiger partial charge in [0.2, 0.25) is 0 Å². The van der Waals surface area contributed by atoms with Gasteiger partial charge in [-0.25, -0.2) is 4.79 Å². The zero-order chi connectivity index (χ0) is 21.7. The lowest BCUT2D eigenvalue weighted by Gasteiger charge is -2.15. The van der Waals surface area contributed by atoms with E-state index < -0.39 is 24.6 Å². The Hall–Kier alpha value is -3.06. The van der Waals surface area contributed by atoms with Gasteiger partial charge in [-0.15, -0.1) is 0 Å². The summed E-state index contributed by atoms with van der Waals surface area (Å²) in [5.74, 6) is -0.854. The molecule has 0 heterocycles. The molecule has 158 valence electrons. The molecule has 1 aliphatic carbocycles. The molecular weight excluding hydrogens is 408 g/mol. The number of amides is 2. The topological polar surface area (TPSA) is 93.7 Å². The highest BCUT2D eigenvalue weighted by atomic mass is 35.5.